The van der Waals surface area contributed by atoms with E-state index in [2.05, 4.69) is 4.90 Å². The molecule has 0 unspecified atom stereocenters. The maximum absolute atomic E-state index is 12.5. The van der Waals surface area contributed by atoms with Crippen molar-refractivity contribution in [3.63, 3.8) is 0 Å². The van der Waals surface area contributed by atoms with Gasteiger partial charge in [-0.15, -0.1) is 0 Å². The average Bonchev–Trinajstić information content (AvgIpc) is 2.90. The number of urea groups is 1. The Morgan fingerprint density at radius 1 is 1.23 bits per heavy atom. The summed E-state index contributed by atoms with van der Waals surface area (Å²) >= 11 is 0. The van der Waals surface area contributed by atoms with E-state index in [1.165, 1.54) is 4.90 Å². The smallest absolute Gasteiger partial charge is 0.319 e. The van der Waals surface area contributed by atoms with Crippen LogP contribution in [0.4, 0.5) is 4.79 Å². The molecule has 2 saturated heterocycles. The molecule has 3 rings (SSSR count). The van der Waals surface area contributed by atoms with Crippen molar-refractivity contribution in [3.05, 3.63) is 29.8 Å². The second-order valence-electron chi connectivity index (χ2n) is 7.13. The minimum atomic E-state index is -3.14. The average molecular weight is 381 g/mol. The fraction of sp³-hybridized carbons (Fsp3) is 0.611. The normalized spacial score (nSPS) is 25.0. The molecule has 8 heteroatoms. The lowest BCUT2D eigenvalue weighted by molar-refractivity contribution is 0.0520. The van der Waals surface area contributed by atoms with Crippen LogP contribution in [0.1, 0.15) is 12.5 Å². The largest absolute Gasteiger partial charge is 0.494 e. The molecule has 0 spiro atoms. The lowest BCUT2D eigenvalue weighted by Gasteiger charge is -2.44. The van der Waals surface area contributed by atoms with Crippen LogP contribution < -0.4 is 4.74 Å². The van der Waals surface area contributed by atoms with Crippen molar-refractivity contribution in [3.8, 4) is 5.75 Å². The van der Waals surface area contributed by atoms with Gasteiger partial charge >= 0.3 is 6.03 Å². The van der Waals surface area contributed by atoms with Crippen LogP contribution in [0, 0.1) is 0 Å². The number of ether oxygens (including phenoxy) is 1. The SMILES string of the molecule is CCOc1cccc(CN2CCN(C(=O)N(C)C)[C@@H]3CS(=O)(=O)C[C@@H]32)c1. The van der Waals surface area contributed by atoms with Crippen molar-refractivity contribution in [1.29, 1.82) is 0 Å². The van der Waals surface area contributed by atoms with Gasteiger partial charge in [0.1, 0.15) is 5.75 Å². The number of nitrogens with zero attached hydrogens (tertiary/aromatic N) is 3. The van der Waals surface area contributed by atoms with E-state index in [1.54, 1.807) is 19.0 Å². The number of carbonyl (C=O) groups is 1. The zero-order valence-electron chi connectivity index (χ0n) is 15.6. The number of hydrogen-bond donors (Lipinski definition) is 0. The fourth-order valence-electron chi connectivity index (χ4n) is 3.85. The highest BCUT2D eigenvalue weighted by molar-refractivity contribution is 7.91. The molecule has 0 radical (unpaired) electrons. The second-order valence-corrected chi connectivity index (χ2v) is 9.29. The summed E-state index contributed by atoms with van der Waals surface area (Å²) in [5, 5.41) is 0. The molecule has 1 aromatic carbocycles. The molecule has 2 aliphatic heterocycles. The molecule has 2 atom stereocenters. The topological polar surface area (TPSA) is 70.2 Å². The summed E-state index contributed by atoms with van der Waals surface area (Å²) in [7, 11) is 0.260. The number of fused-ring (bicyclic) bond motifs is 1. The third kappa shape index (κ3) is 3.96. The number of rotatable bonds is 4. The molecule has 2 amide bonds. The summed E-state index contributed by atoms with van der Waals surface area (Å²) in [6, 6.07) is 7.35. The summed E-state index contributed by atoms with van der Waals surface area (Å²) < 4.78 is 30.1. The summed E-state index contributed by atoms with van der Waals surface area (Å²) in [5.74, 6) is 0.981. The predicted octanol–water partition coefficient (Wildman–Crippen LogP) is 1.05. The van der Waals surface area contributed by atoms with Gasteiger partial charge in [-0.05, 0) is 24.6 Å². The van der Waals surface area contributed by atoms with E-state index >= 15 is 0 Å². The number of piperazine rings is 1. The third-order valence-corrected chi connectivity index (χ3v) is 6.71. The first-order chi connectivity index (χ1) is 12.3. The molecule has 1 aromatic rings. The Labute approximate surface area is 155 Å². The first kappa shape index (κ1) is 19.0. The standard InChI is InChI=1S/C18H27N3O4S/c1-4-25-15-7-5-6-14(10-15)11-20-8-9-21(18(22)19(2)3)17-13-26(23,24)12-16(17)20/h5-7,10,16-17H,4,8-9,11-13H2,1-3H3/t16-,17+/m0/s1. The van der Waals surface area contributed by atoms with Gasteiger partial charge in [0.15, 0.2) is 9.84 Å². The molecule has 0 N–H and O–H groups in total. The van der Waals surface area contributed by atoms with Crippen LogP contribution in [0.3, 0.4) is 0 Å². The van der Waals surface area contributed by atoms with Crippen LogP contribution >= 0.6 is 0 Å². The molecule has 2 fully saturated rings. The molecule has 0 aliphatic carbocycles. The maximum atomic E-state index is 12.5. The number of amides is 2. The van der Waals surface area contributed by atoms with Gasteiger partial charge < -0.3 is 14.5 Å². The zero-order chi connectivity index (χ0) is 18.9. The molecule has 7 nitrogen and oxygen atoms in total. The predicted molar refractivity (Wildman–Crippen MR) is 100 cm³/mol. The molecule has 0 bridgehead atoms. The monoisotopic (exact) mass is 381 g/mol. The quantitative estimate of drug-likeness (QED) is 0.780. The highest BCUT2D eigenvalue weighted by Gasteiger charge is 2.48. The first-order valence-corrected chi connectivity index (χ1v) is 10.8. The number of benzene rings is 1. The lowest BCUT2D eigenvalue weighted by Crippen LogP contribution is -2.61. The zero-order valence-corrected chi connectivity index (χ0v) is 16.4. The van der Waals surface area contributed by atoms with Gasteiger partial charge in [-0.1, -0.05) is 12.1 Å². The van der Waals surface area contributed by atoms with Crippen LogP contribution in [0.25, 0.3) is 0 Å². The van der Waals surface area contributed by atoms with Crippen molar-refractivity contribution in [2.45, 2.75) is 25.6 Å². The van der Waals surface area contributed by atoms with Crippen LogP contribution in [0.15, 0.2) is 24.3 Å². The fourth-order valence-corrected chi connectivity index (χ4v) is 5.86. The van der Waals surface area contributed by atoms with E-state index in [9.17, 15) is 13.2 Å². The molecule has 26 heavy (non-hydrogen) atoms. The Morgan fingerprint density at radius 2 is 1.96 bits per heavy atom. The Morgan fingerprint density at radius 3 is 2.65 bits per heavy atom. The summed E-state index contributed by atoms with van der Waals surface area (Å²) in [6.45, 7) is 4.41. The van der Waals surface area contributed by atoms with Gasteiger partial charge in [0.25, 0.3) is 0 Å². The van der Waals surface area contributed by atoms with E-state index in [4.69, 9.17) is 4.74 Å². The summed E-state index contributed by atoms with van der Waals surface area (Å²) in [5.41, 5.74) is 1.09. The third-order valence-electron chi connectivity index (χ3n) is 5.01. The molecular weight excluding hydrogens is 354 g/mol. The molecule has 2 aliphatic rings. The minimum absolute atomic E-state index is 0.0483. The maximum Gasteiger partial charge on any atom is 0.319 e. The van der Waals surface area contributed by atoms with Gasteiger partial charge in [-0.2, -0.15) is 0 Å². The van der Waals surface area contributed by atoms with Crippen molar-refractivity contribution in [2.75, 3.05) is 45.3 Å². The van der Waals surface area contributed by atoms with Crippen molar-refractivity contribution in [1.82, 2.24) is 14.7 Å². The number of hydrogen-bond acceptors (Lipinski definition) is 5. The van der Waals surface area contributed by atoms with Gasteiger partial charge in [0.2, 0.25) is 0 Å². The van der Waals surface area contributed by atoms with E-state index in [1.807, 2.05) is 31.2 Å². The molecular formula is C18H27N3O4S. The number of sulfone groups is 1. The molecule has 144 valence electrons. The van der Waals surface area contributed by atoms with Crippen LogP contribution in [-0.4, -0.2) is 86.5 Å². The minimum Gasteiger partial charge on any atom is -0.494 e. The highest BCUT2D eigenvalue weighted by atomic mass is 32.2. The Bertz CT molecular complexity index is 765. The van der Waals surface area contributed by atoms with Crippen LogP contribution in [0.2, 0.25) is 0 Å². The van der Waals surface area contributed by atoms with Gasteiger partial charge in [-0.3, -0.25) is 4.90 Å². The van der Waals surface area contributed by atoms with E-state index in [-0.39, 0.29) is 29.6 Å². The Hall–Kier alpha value is -1.80. The van der Waals surface area contributed by atoms with Crippen molar-refractivity contribution in [2.24, 2.45) is 0 Å². The van der Waals surface area contributed by atoms with E-state index < -0.39 is 9.84 Å². The second kappa shape index (κ2) is 7.44. The van der Waals surface area contributed by atoms with Crippen molar-refractivity contribution < 1.29 is 17.9 Å². The number of carbonyl (C=O) groups excluding carboxylic acids is 1. The Kier molecular flexibility index (Phi) is 5.43. The Balaban J connectivity index is 1.80. The summed E-state index contributed by atoms with van der Waals surface area (Å²) in [4.78, 5) is 17.9. The van der Waals surface area contributed by atoms with Crippen LogP contribution in [-0.2, 0) is 16.4 Å². The lowest BCUT2D eigenvalue weighted by atomic mass is 10.0. The highest BCUT2D eigenvalue weighted by Crippen LogP contribution is 2.29. The molecule has 0 saturated carbocycles. The van der Waals surface area contributed by atoms with Gasteiger partial charge in [0, 0.05) is 39.8 Å². The van der Waals surface area contributed by atoms with Crippen molar-refractivity contribution >= 4 is 15.9 Å². The van der Waals surface area contributed by atoms with Gasteiger partial charge in [-0.25, -0.2) is 13.2 Å². The van der Waals surface area contributed by atoms with Gasteiger partial charge in [0.05, 0.1) is 24.2 Å². The molecule has 0 aromatic heterocycles. The summed E-state index contributed by atoms with van der Waals surface area (Å²) in [6.07, 6.45) is 0. The van der Waals surface area contributed by atoms with E-state index in [0.717, 1.165) is 11.3 Å². The first-order valence-electron chi connectivity index (χ1n) is 8.95. The molecule has 2 heterocycles. The van der Waals surface area contributed by atoms with Crippen LogP contribution in [0.5, 0.6) is 5.75 Å². The van der Waals surface area contributed by atoms with E-state index in [0.29, 0.717) is 26.2 Å².